The molecule has 0 saturated heterocycles. The molecule has 17 heavy (non-hydrogen) atoms. The fourth-order valence-electron chi connectivity index (χ4n) is 0. The second-order valence-electron chi connectivity index (χ2n) is 1.80. The van der Waals surface area contributed by atoms with E-state index >= 15 is 0 Å². The SMILES string of the molecule is O=S(=O)([O-])C(F)(F)F.O=S(=O)([O-])C(F)(F)F.[Mg+2]. The molecule has 0 heterocycles. The van der Waals surface area contributed by atoms with Crippen LogP contribution >= 0.6 is 0 Å². The quantitative estimate of drug-likeness (QED) is 0.262. The van der Waals surface area contributed by atoms with E-state index in [2.05, 4.69) is 0 Å². The predicted octanol–water partition coefficient (Wildman–Crippen LogP) is -0.278. The van der Waals surface area contributed by atoms with Crippen molar-refractivity contribution in [1.29, 1.82) is 0 Å². The summed E-state index contributed by atoms with van der Waals surface area (Å²) in [6, 6.07) is 0. The molecule has 0 aliphatic carbocycles. The van der Waals surface area contributed by atoms with Crippen LogP contribution in [0, 0.1) is 0 Å². The molecule has 0 aromatic rings. The molecule has 0 amide bonds. The average molecular weight is 322 g/mol. The molecular weight excluding hydrogens is 322 g/mol. The maximum Gasteiger partial charge on any atom is 2.00 e. The molecule has 6 nitrogen and oxygen atoms in total. The van der Waals surface area contributed by atoms with E-state index in [0.717, 1.165) is 0 Å². The molecule has 100 valence electrons. The molecule has 0 aromatic carbocycles. The van der Waals surface area contributed by atoms with Crippen molar-refractivity contribution in [2.24, 2.45) is 0 Å². The minimum atomic E-state index is -6.09. The summed E-state index contributed by atoms with van der Waals surface area (Å²) in [4.78, 5) is 0. The summed E-state index contributed by atoms with van der Waals surface area (Å²) in [6.45, 7) is 0. The molecule has 0 bridgehead atoms. The fraction of sp³-hybridized carbons (Fsp3) is 1.00. The summed E-state index contributed by atoms with van der Waals surface area (Å²) in [5, 5.41) is 0. The van der Waals surface area contributed by atoms with Gasteiger partial charge in [0.1, 0.15) is 0 Å². The Kier molecular flexibility index (Phi) is 8.37. The molecule has 0 radical (unpaired) electrons. The Labute approximate surface area is 107 Å². The summed E-state index contributed by atoms with van der Waals surface area (Å²) in [6.07, 6.45) is 0. The molecule has 0 aromatic heterocycles. The van der Waals surface area contributed by atoms with Crippen LogP contribution in [0.2, 0.25) is 0 Å². The zero-order chi connectivity index (χ0) is 14.0. The average Bonchev–Trinajstić information content (AvgIpc) is 1.77. The normalized spacial score (nSPS) is 13.2. The van der Waals surface area contributed by atoms with Gasteiger partial charge in [-0.3, -0.25) is 0 Å². The van der Waals surface area contributed by atoms with Crippen molar-refractivity contribution in [3.05, 3.63) is 0 Å². The predicted molar refractivity (Wildman–Crippen MR) is 37.3 cm³/mol. The first kappa shape index (κ1) is 22.4. The van der Waals surface area contributed by atoms with Gasteiger partial charge in [0.2, 0.25) is 0 Å². The zero-order valence-electron chi connectivity index (χ0n) is 7.24. The van der Waals surface area contributed by atoms with E-state index in [1.54, 1.807) is 0 Å². The van der Waals surface area contributed by atoms with E-state index in [9.17, 15) is 26.3 Å². The monoisotopic (exact) mass is 322 g/mol. The van der Waals surface area contributed by atoms with E-state index in [4.69, 9.17) is 25.9 Å². The van der Waals surface area contributed by atoms with Gasteiger partial charge in [0, 0.05) is 0 Å². The van der Waals surface area contributed by atoms with Gasteiger partial charge in [-0.1, -0.05) is 0 Å². The third kappa shape index (κ3) is 9.83. The Morgan fingerprint density at radius 3 is 0.706 bits per heavy atom. The topological polar surface area (TPSA) is 114 Å². The van der Waals surface area contributed by atoms with Crippen molar-refractivity contribution in [2.45, 2.75) is 11.0 Å². The van der Waals surface area contributed by atoms with Crippen molar-refractivity contribution < 1.29 is 52.3 Å². The van der Waals surface area contributed by atoms with Crippen LogP contribution < -0.4 is 0 Å². The minimum absolute atomic E-state index is 0. The van der Waals surface area contributed by atoms with Crippen molar-refractivity contribution in [3.8, 4) is 0 Å². The Hall–Kier alpha value is 0.166. The zero-order valence-corrected chi connectivity index (χ0v) is 10.3. The molecule has 0 unspecified atom stereocenters. The minimum Gasteiger partial charge on any atom is -0.741 e. The number of rotatable bonds is 0. The summed E-state index contributed by atoms with van der Waals surface area (Å²) >= 11 is 0. The fourth-order valence-corrected chi connectivity index (χ4v) is 0. The van der Waals surface area contributed by atoms with E-state index in [1.807, 2.05) is 0 Å². The van der Waals surface area contributed by atoms with Gasteiger partial charge in [0.05, 0.1) is 0 Å². The van der Waals surface area contributed by atoms with Crippen molar-refractivity contribution >= 4 is 43.3 Å². The Bertz CT molecular complexity index is 374. The molecule has 0 N–H and O–H groups in total. The van der Waals surface area contributed by atoms with Gasteiger partial charge in [-0.15, -0.1) is 0 Å². The standard InChI is InChI=1S/2CHF3O3S.Mg/c2*2-1(3,4)8(5,6)7;/h2*(H,5,6,7);/q;;+2/p-2. The summed E-state index contributed by atoms with van der Waals surface area (Å²) in [5.41, 5.74) is -11.3. The van der Waals surface area contributed by atoms with Crippen LogP contribution in [-0.2, 0) is 20.2 Å². The van der Waals surface area contributed by atoms with E-state index < -0.39 is 31.3 Å². The summed E-state index contributed by atoms with van der Waals surface area (Å²) in [7, 11) is -12.2. The van der Waals surface area contributed by atoms with E-state index in [-0.39, 0.29) is 23.1 Å². The van der Waals surface area contributed by atoms with Crippen molar-refractivity contribution in [3.63, 3.8) is 0 Å². The molecule has 0 saturated carbocycles. The van der Waals surface area contributed by atoms with Gasteiger partial charge < -0.3 is 9.11 Å². The number of halogens is 6. The molecule has 0 aliphatic heterocycles. The molecule has 15 heteroatoms. The van der Waals surface area contributed by atoms with E-state index in [1.165, 1.54) is 0 Å². The van der Waals surface area contributed by atoms with Crippen molar-refractivity contribution in [2.75, 3.05) is 0 Å². The summed E-state index contributed by atoms with van der Waals surface area (Å²) in [5.74, 6) is 0. The van der Waals surface area contributed by atoms with Gasteiger partial charge in [-0.05, 0) is 0 Å². The number of hydrogen-bond donors (Lipinski definition) is 0. The second kappa shape index (κ2) is 6.37. The number of alkyl halides is 6. The van der Waals surface area contributed by atoms with E-state index in [0.29, 0.717) is 0 Å². The van der Waals surface area contributed by atoms with Crippen LogP contribution in [0.4, 0.5) is 26.3 Å². The van der Waals surface area contributed by atoms with Gasteiger partial charge in [-0.25, -0.2) is 16.8 Å². The first-order valence-electron chi connectivity index (χ1n) is 2.54. The number of hydrogen-bond acceptors (Lipinski definition) is 6. The third-order valence-electron chi connectivity index (χ3n) is 0.567. The smallest absolute Gasteiger partial charge is 0.741 e. The maximum atomic E-state index is 10.7. The van der Waals surface area contributed by atoms with Crippen LogP contribution in [0.25, 0.3) is 0 Å². The van der Waals surface area contributed by atoms with Gasteiger partial charge in [0.15, 0.2) is 20.2 Å². The molecule has 0 atom stereocenters. The van der Waals surface area contributed by atoms with Crippen LogP contribution in [0.1, 0.15) is 0 Å². The molecule has 0 rings (SSSR count). The van der Waals surface area contributed by atoms with Gasteiger partial charge in [0.25, 0.3) is 0 Å². The molecular formula is C2F6MgO6S2. The molecule has 0 fully saturated rings. The Morgan fingerprint density at radius 1 is 0.647 bits per heavy atom. The van der Waals surface area contributed by atoms with Crippen LogP contribution in [0.3, 0.4) is 0 Å². The van der Waals surface area contributed by atoms with Gasteiger partial charge >= 0.3 is 34.1 Å². The van der Waals surface area contributed by atoms with Gasteiger partial charge in [-0.2, -0.15) is 26.3 Å². The van der Waals surface area contributed by atoms with Crippen molar-refractivity contribution in [1.82, 2.24) is 0 Å². The summed E-state index contributed by atoms with van der Waals surface area (Å²) < 4.78 is 118. The Balaban J connectivity index is -0.000000218. The maximum absolute atomic E-state index is 10.7. The first-order chi connectivity index (χ1) is 6.50. The van der Waals surface area contributed by atoms with Crippen LogP contribution in [0.5, 0.6) is 0 Å². The largest absolute Gasteiger partial charge is 2.00 e. The molecule has 0 aliphatic rings. The third-order valence-corrected chi connectivity index (χ3v) is 1.70. The first-order valence-corrected chi connectivity index (χ1v) is 5.36. The second-order valence-corrected chi connectivity index (χ2v) is 4.54. The molecule has 0 spiro atoms. The van der Waals surface area contributed by atoms with Crippen LogP contribution in [-0.4, -0.2) is 60.0 Å². The van der Waals surface area contributed by atoms with Crippen LogP contribution in [0.15, 0.2) is 0 Å². The Morgan fingerprint density at radius 2 is 0.706 bits per heavy atom.